The van der Waals surface area contributed by atoms with Crippen molar-refractivity contribution in [2.45, 2.75) is 52.6 Å². The van der Waals surface area contributed by atoms with Crippen LogP contribution in [0, 0.1) is 6.92 Å². The molecule has 0 spiro atoms. The van der Waals surface area contributed by atoms with Crippen LogP contribution in [0.25, 0.3) is 0 Å². The van der Waals surface area contributed by atoms with Crippen LogP contribution in [0.4, 0.5) is 0 Å². The summed E-state index contributed by atoms with van der Waals surface area (Å²) >= 11 is 3.57. The number of aromatic nitrogens is 1. The third-order valence-corrected chi connectivity index (χ3v) is 7.01. The van der Waals surface area contributed by atoms with E-state index in [0.29, 0.717) is 12.6 Å². The monoisotopic (exact) mass is 577 g/mol. The zero-order valence-corrected chi connectivity index (χ0v) is 23.2. The van der Waals surface area contributed by atoms with E-state index in [1.54, 1.807) is 11.3 Å². The van der Waals surface area contributed by atoms with Crippen molar-refractivity contribution in [1.29, 1.82) is 0 Å². The van der Waals surface area contributed by atoms with Crippen LogP contribution >= 0.6 is 46.7 Å². The number of ether oxygens (including phenoxy) is 1. The van der Waals surface area contributed by atoms with E-state index >= 15 is 0 Å². The van der Waals surface area contributed by atoms with Crippen LogP contribution in [-0.4, -0.2) is 55.2 Å². The first-order chi connectivity index (χ1) is 14.4. The van der Waals surface area contributed by atoms with E-state index < -0.39 is 0 Å². The molecule has 2 aromatic rings. The summed E-state index contributed by atoms with van der Waals surface area (Å²) in [5, 5.41) is 10.2. The Kier molecular flexibility index (Phi) is 10.7. The molecule has 0 aromatic carbocycles. The van der Waals surface area contributed by atoms with Crippen molar-refractivity contribution in [3.63, 3.8) is 0 Å². The zero-order chi connectivity index (χ0) is 21.6. The molecule has 1 aliphatic heterocycles. The van der Waals surface area contributed by atoms with Crippen LogP contribution in [0.3, 0.4) is 0 Å². The van der Waals surface area contributed by atoms with Crippen LogP contribution < -0.4 is 10.6 Å². The zero-order valence-electron chi connectivity index (χ0n) is 19.2. The molecule has 0 amide bonds. The lowest BCUT2D eigenvalue weighted by Gasteiger charge is -2.34. The smallest absolute Gasteiger partial charge is 0.191 e. The average Bonchev–Trinajstić information content (AvgIpc) is 3.36. The van der Waals surface area contributed by atoms with Gasteiger partial charge in [0, 0.05) is 46.7 Å². The minimum absolute atomic E-state index is 0. The molecule has 2 N–H and O–H groups in total. The van der Waals surface area contributed by atoms with E-state index in [4.69, 9.17) is 14.7 Å². The molecule has 3 rings (SSSR count). The summed E-state index contributed by atoms with van der Waals surface area (Å²) in [5.74, 6) is 0.844. The van der Waals surface area contributed by atoms with Crippen molar-refractivity contribution in [3.8, 4) is 0 Å². The number of halogens is 1. The minimum atomic E-state index is 0. The largest absolute Gasteiger partial charge is 0.379 e. The Hall–Kier alpha value is -0.750. The number of morpholine rings is 1. The van der Waals surface area contributed by atoms with Crippen LogP contribution in [0.2, 0.25) is 0 Å². The van der Waals surface area contributed by atoms with E-state index in [1.165, 1.54) is 9.75 Å². The van der Waals surface area contributed by atoms with Crippen molar-refractivity contribution < 1.29 is 4.74 Å². The Morgan fingerprint density at radius 3 is 2.58 bits per heavy atom. The first-order valence-electron chi connectivity index (χ1n) is 10.7. The van der Waals surface area contributed by atoms with Gasteiger partial charge in [0.05, 0.1) is 31.5 Å². The third-order valence-electron chi connectivity index (χ3n) is 5.08. The molecule has 0 aliphatic carbocycles. The number of aryl methyl sites for hydroxylation is 1. The standard InChI is InChI=1S/C22H35N5OS2.HI/c1-6-23-21(25-14-20-26-19(15-29-20)22(3,4)5)24-13-17(18-8-7-16(2)30-18)27-9-11-28-12-10-27;/h7-8,15,17H,6,9-14H2,1-5H3,(H2,23,24,25);1H. The Bertz CT molecular complexity index is 824. The molecule has 174 valence electrons. The highest BCUT2D eigenvalue weighted by Gasteiger charge is 2.24. The summed E-state index contributed by atoms with van der Waals surface area (Å²) < 4.78 is 5.57. The molecule has 6 nitrogen and oxygen atoms in total. The van der Waals surface area contributed by atoms with Gasteiger partial charge in [0.25, 0.3) is 0 Å². The van der Waals surface area contributed by atoms with Gasteiger partial charge in [0.1, 0.15) is 5.01 Å². The van der Waals surface area contributed by atoms with Crippen molar-refractivity contribution in [3.05, 3.63) is 38.0 Å². The summed E-state index contributed by atoms with van der Waals surface area (Å²) in [4.78, 5) is 14.8. The van der Waals surface area contributed by atoms with Crippen LogP contribution in [0.1, 0.15) is 54.2 Å². The Morgan fingerprint density at radius 2 is 2.00 bits per heavy atom. The van der Waals surface area contributed by atoms with Gasteiger partial charge in [0.2, 0.25) is 0 Å². The lowest BCUT2D eigenvalue weighted by atomic mass is 9.93. The lowest BCUT2D eigenvalue weighted by Crippen LogP contribution is -2.46. The fourth-order valence-corrected chi connectivity index (χ4v) is 5.30. The Balaban J connectivity index is 0.00000341. The number of aliphatic imine (C=N–C) groups is 1. The van der Waals surface area contributed by atoms with Crippen molar-refractivity contribution in [2.75, 3.05) is 39.4 Å². The second-order valence-corrected chi connectivity index (χ2v) is 10.8. The highest BCUT2D eigenvalue weighted by atomic mass is 127. The second-order valence-electron chi connectivity index (χ2n) is 8.57. The molecule has 0 saturated carbocycles. The first kappa shape index (κ1) is 26.5. The van der Waals surface area contributed by atoms with E-state index in [-0.39, 0.29) is 29.4 Å². The molecule has 1 aliphatic rings. The molecule has 2 aromatic heterocycles. The molecular weight excluding hydrogens is 541 g/mol. The predicted molar refractivity (Wildman–Crippen MR) is 143 cm³/mol. The van der Waals surface area contributed by atoms with Gasteiger partial charge >= 0.3 is 0 Å². The average molecular weight is 578 g/mol. The fraction of sp³-hybridized carbons (Fsp3) is 0.636. The molecule has 3 heterocycles. The number of hydrogen-bond donors (Lipinski definition) is 2. The molecule has 0 radical (unpaired) electrons. The van der Waals surface area contributed by atoms with E-state index in [2.05, 4.69) is 67.7 Å². The number of thiophene rings is 1. The van der Waals surface area contributed by atoms with Gasteiger partial charge in [-0.3, -0.25) is 4.90 Å². The number of rotatable bonds is 7. The summed E-state index contributed by atoms with van der Waals surface area (Å²) in [5.41, 5.74) is 1.21. The van der Waals surface area contributed by atoms with Crippen LogP contribution in [0.5, 0.6) is 0 Å². The maximum absolute atomic E-state index is 5.57. The van der Waals surface area contributed by atoms with Gasteiger partial charge in [-0.05, 0) is 26.0 Å². The summed E-state index contributed by atoms with van der Waals surface area (Å²) in [6, 6.07) is 4.79. The summed E-state index contributed by atoms with van der Waals surface area (Å²) in [6.45, 7) is 16.6. The Labute approximate surface area is 211 Å². The van der Waals surface area contributed by atoms with E-state index in [0.717, 1.165) is 56.1 Å². The molecule has 1 saturated heterocycles. The van der Waals surface area contributed by atoms with Crippen molar-refractivity contribution in [1.82, 2.24) is 20.5 Å². The van der Waals surface area contributed by atoms with Crippen LogP contribution in [0.15, 0.2) is 22.5 Å². The van der Waals surface area contributed by atoms with E-state index in [1.807, 2.05) is 11.3 Å². The maximum Gasteiger partial charge on any atom is 0.191 e. The normalized spacial score (nSPS) is 16.6. The van der Waals surface area contributed by atoms with E-state index in [9.17, 15) is 0 Å². The van der Waals surface area contributed by atoms with Gasteiger partial charge < -0.3 is 15.4 Å². The third kappa shape index (κ3) is 7.96. The SMILES string of the molecule is CCNC(=NCc1nc(C(C)(C)C)cs1)NCC(c1ccc(C)s1)N1CCOCC1.I. The second kappa shape index (κ2) is 12.5. The molecule has 1 atom stereocenters. The molecule has 0 bridgehead atoms. The lowest BCUT2D eigenvalue weighted by molar-refractivity contribution is 0.0177. The summed E-state index contributed by atoms with van der Waals surface area (Å²) in [7, 11) is 0. The Morgan fingerprint density at radius 1 is 1.26 bits per heavy atom. The quantitative estimate of drug-likeness (QED) is 0.287. The molecule has 31 heavy (non-hydrogen) atoms. The van der Waals surface area contributed by atoms with Crippen LogP contribution in [-0.2, 0) is 16.7 Å². The fourth-order valence-electron chi connectivity index (χ4n) is 3.34. The number of nitrogens with zero attached hydrogens (tertiary/aromatic N) is 3. The molecular formula is C22H36IN5OS2. The van der Waals surface area contributed by atoms with Gasteiger partial charge in [-0.15, -0.1) is 46.7 Å². The van der Waals surface area contributed by atoms with Gasteiger partial charge in [-0.25, -0.2) is 9.98 Å². The molecule has 1 fully saturated rings. The molecule has 9 heteroatoms. The first-order valence-corrected chi connectivity index (χ1v) is 12.4. The van der Waals surface area contributed by atoms with Gasteiger partial charge in [0.15, 0.2) is 5.96 Å². The highest BCUT2D eigenvalue weighted by molar-refractivity contribution is 14.0. The molecule has 1 unspecified atom stereocenters. The van der Waals surface area contributed by atoms with Crippen molar-refractivity contribution in [2.24, 2.45) is 4.99 Å². The van der Waals surface area contributed by atoms with Crippen molar-refractivity contribution >= 4 is 52.6 Å². The minimum Gasteiger partial charge on any atom is -0.379 e. The number of hydrogen-bond acceptors (Lipinski definition) is 6. The summed E-state index contributed by atoms with van der Waals surface area (Å²) in [6.07, 6.45) is 0. The topological polar surface area (TPSA) is 61.8 Å². The number of nitrogens with one attached hydrogen (secondary N) is 2. The van der Waals surface area contributed by atoms with Gasteiger partial charge in [-0.1, -0.05) is 20.8 Å². The highest BCUT2D eigenvalue weighted by Crippen LogP contribution is 2.28. The maximum atomic E-state index is 5.57. The number of guanidine groups is 1. The predicted octanol–water partition coefficient (Wildman–Crippen LogP) is 4.56. The van der Waals surface area contributed by atoms with Gasteiger partial charge in [-0.2, -0.15) is 0 Å². The number of thiazole rings is 1.